The maximum absolute atomic E-state index is 12.3. The molecule has 0 bridgehead atoms. The Bertz CT molecular complexity index is 786. The van der Waals surface area contributed by atoms with E-state index in [1.54, 1.807) is 19.1 Å². The molecule has 0 atom stereocenters. The maximum Gasteiger partial charge on any atom is 0.341 e. The summed E-state index contributed by atoms with van der Waals surface area (Å²) in [4.78, 5) is 26.8. The average Bonchev–Trinajstić information content (AvgIpc) is 3.15. The molecule has 1 heterocycles. The van der Waals surface area contributed by atoms with Gasteiger partial charge in [-0.15, -0.1) is 23.1 Å². The van der Waals surface area contributed by atoms with Crippen molar-refractivity contribution in [3.63, 3.8) is 0 Å². The van der Waals surface area contributed by atoms with Gasteiger partial charge in [-0.3, -0.25) is 4.79 Å². The van der Waals surface area contributed by atoms with Gasteiger partial charge in [0, 0.05) is 14.8 Å². The molecule has 1 N–H and O–H groups in total. The van der Waals surface area contributed by atoms with Crippen LogP contribution in [0.25, 0.3) is 0 Å². The van der Waals surface area contributed by atoms with Gasteiger partial charge in [-0.1, -0.05) is 11.6 Å². The van der Waals surface area contributed by atoms with Gasteiger partial charge in [0.2, 0.25) is 5.91 Å². The zero-order valence-corrected chi connectivity index (χ0v) is 16.2. The molecule has 1 aromatic heterocycles. The first-order valence-corrected chi connectivity index (χ1v) is 10.3. The van der Waals surface area contributed by atoms with Crippen molar-refractivity contribution in [1.29, 1.82) is 0 Å². The van der Waals surface area contributed by atoms with Crippen molar-refractivity contribution in [2.75, 3.05) is 17.7 Å². The predicted octanol–water partition coefficient (Wildman–Crippen LogP) is 4.80. The highest BCUT2D eigenvalue weighted by Gasteiger charge is 2.28. The first kappa shape index (κ1) is 18.3. The van der Waals surface area contributed by atoms with Crippen molar-refractivity contribution >= 4 is 51.6 Å². The SMILES string of the molecule is CCOC(=O)c1c(NC(=O)CSc2ccc(Cl)cc2)sc2c1CCC2. The number of ether oxygens (including phenoxy) is 1. The zero-order chi connectivity index (χ0) is 17.8. The van der Waals surface area contributed by atoms with Gasteiger partial charge in [0.05, 0.1) is 17.9 Å². The fraction of sp³-hybridized carbons (Fsp3) is 0.333. The molecule has 0 saturated carbocycles. The average molecular weight is 396 g/mol. The second-order valence-electron chi connectivity index (χ2n) is 5.57. The third kappa shape index (κ3) is 4.37. The van der Waals surface area contributed by atoms with Crippen molar-refractivity contribution in [2.45, 2.75) is 31.1 Å². The van der Waals surface area contributed by atoms with E-state index in [4.69, 9.17) is 16.3 Å². The minimum atomic E-state index is -0.345. The molecule has 1 amide bonds. The minimum Gasteiger partial charge on any atom is -0.462 e. The van der Waals surface area contributed by atoms with Gasteiger partial charge in [-0.2, -0.15) is 0 Å². The first-order chi connectivity index (χ1) is 12.1. The Hall–Kier alpha value is -1.50. The number of halogens is 1. The Kier molecular flexibility index (Phi) is 6.04. The summed E-state index contributed by atoms with van der Waals surface area (Å²) in [6, 6.07) is 7.35. The molecule has 0 unspecified atom stereocenters. The lowest BCUT2D eigenvalue weighted by atomic mass is 10.1. The summed E-state index contributed by atoms with van der Waals surface area (Å²) in [5, 5.41) is 4.18. The number of anilines is 1. The van der Waals surface area contributed by atoms with E-state index in [1.807, 2.05) is 12.1 Å². The Labute approximate surface area is 159 Å². The third-order valence-electron chi connectivity index (χ3n) is 3.84. The number of esters is 1. The smallest absolute Gasteiger partial charge is 0.341 e. The lowest BCUT2D eigenvalue weighted by Crippen LogP contribution is -2.16. The molecule has 4 nitrogen and oxygen atoms in total. The van der Waals surface area contributed by atoms with E-state index in [9.17, 15) is 9.59 Å². The van der Waals surface area contributed by atoms with Gasteiger partial charge >= 0.3 is 5.97 Å². The number of amides is 1. The van der Waals surface area contributed by atoms with Crippen molar-refractivity contribution in [3.05, 3.63) is 45.3 Å². The summed E-state index contributed by atoms with van der Waals surface area (Å²) in [5.41, 5.74) is 1.59. The third-order valence-corrected chi connectivity index (χ3v) is 6.31. The van der Waals surface area contributed by atoms with E-state index >= 15 is 0 Å². The summed E-state index contributed by atoms with van der Waals surface area (Å²) in [7, 11) is 0. The minimum absolute atomic E-state index is 0.134. The zero-order valence-electron chi connectivity index (χ0n) is 13.8. The van der Waals surface area contributed by atoms with Crippen molar-refractivity contribution in [1.82, 2.24) is 0 Å². The number of aryl methyl sites for hydroxylation is 1. The largest absolute Gasteiger partial charge is 0.462 e. The number of carbonyl (C=O) groups excluding carboxylic acids is 2. The lowest BCUT2D eigenvalue weighted by molar-refractivity contribution is -0.113. The molecule has 0 saturated heterocycles. The van der Waals surface area contributed by atoms with Crippen LogP contribution >= 0.6 is 34.7 Å². The molecule has 1 aliphatic rings. The molecule has 0 radical (unpaired) electrons. The number of rotatable bonds is 6. The van der Waals surface area contributed by atoms with E-state index in [0.717, 1.165) is 29.7 Å². The van der Waals surface area contributed by atoms with Crippen LogP contribution in [-0.4, -0.2) is 24.2 Å². The van der Waals surface area contributed by atoms with Crippen LogP contribution in [0, 0.1) is 0 Å². The predicted molar refractivity (Wildman–Crippen MR) is 103 cm³/mol. The summed E-state index contributed by atoms with van der Waals surface area (Å²) in [6.45, 7) is 2.11. The van der Waals surface area contributed by atoms with E-state index in [1.165, 1.54) is 28.0 Å². The quantitative estimate of drug-likeness (QED) is 0.564. The summed E-state index contributed by atoms with van der Waals surface area (Å²) < 4.78 is 5.17. The van der Waals surface area contributed by atoms with Crippen molar-refractivity contribution in [3.8, 4) is 0 Å². The molecular formula is C18H18ClNO3S2. The van der Waals surface area contributed by atoms with Crippen LogP contribution in [0.1, 0.15) is 34.1 Å². The number of thioether (sulfide) groups is 1. The molecule has 7 heteroatoms. The number of nitrogens with one attached hydrogen (secondary N) is 1. The maximum atomic E-state index is 12.3. The molecule has 25 heavy (non-hydrogen) atoms. The second kappa shape index (κ2) is 8.25. The van der Waals surface area contributed by atoms with Crippen LogP contribution < -0.4 is 5.32 Å². The van der Waals surface area contributed by atoms with E-state index in [0.29, 0.717) is 22.2 Å². The Morgan fingerprint density at radius 3 is 2.76 bits per heavy atom. The van der Waals surface area contributed by atoms with Gasteiger partial charge in [0.15, 0.2) is 0 Å². The monoisotopic (exact) mass is 395 g/mol. The summed E-state index contributed by atoms with van der Waals surface area (Å²) in [5.74, 6) is -0.208. The number of fused-ring (bicyclic) bond motifs is 1. The molecule has 0 aliphatic heterocycles. The standard InChI is InChI=1S/C18H18ClNO3S2/c1-2-23-18(22)16-13-4-3-5-14(13)25-17(16)20-15(21)10-24-12-8-6-11(19)7-9-12/h6-9H,2-5,10H2,1H3,(H,20,21). The first-order valence-electron chi connectivity index (χ1n) is 8.08. The molecule has 132 valence electrons. The fourth-order valence-electron chi connectivity index (χ4n) is 2.75. The highest BCUT2D eigenvalue weighted by molar-refractivity contribution is 8.00. The Balaban J connectivity index is 1.68. The van der Waals surface area contributed by atoms with E-state index < -0.39 is 0 Å². The van der Waals surface area contributed by atoms with Crippen LogP contribution in [0.5, 0.6) is 0 Å². The van der Waals surface area contributed by atoms with Crippen LogP contribution in [0.2, 0.25) is 5.02 Å². The molecule has 1 aliphatic carbocycles. The van der Waals surface area contributed by atoms with Crippen molar-refractivity contribution < 1.29 is 14.3 Å². The number of carbonyl (C=O) groups is 2. The Morgan fingerprint density at radius 2 is 2.04 bits per heavy atom. The van der Waals surface area contributed by atoms with Gasteiger partial charge in [-0.25, -0.2) is 4.79 Å². The molecule has 0 fully saturated rings. The second-order valence-corrected chi connectivity index (χ2v) is 8.16. The number of hydrogen-bond acceptors (Lipinski definition) is 5. The van der Waals surface area contributed by atoms with Crippen LogP contribution in [0.4, 0.5) is 5.00 Å². The number of thiophene rings is 1. The summed E-state index contributed by atoms with van der Waals surface area (Å²) >= 11 is 8.78. The van der Waals surface area contributed by atoms with Gasteiger partial charge in [0.1, 0.15) is 5.00 Å². The fourth-order valence-corrected chi connectivity index (χ4v) is 4.87. The van der Waals surface area contributed by atoms with E-state index in [2.05, 4.69) is 5.32 Å². The molecular weight excluding hydrogens is 378 g/mol. The van der Waals surface area contributed by atoms with Crippen LogP contribution in [0.3, 0.4) is 0 Å². The normalized spacial score (nSPS) is 12.7. The highest BCUT2D eigenvalue weighted by atomic mass is 35.5. The van der Waals surface area contributed by atoms with Gasteiger partial charge in [-0.05, 0) is 56.0 Å². The molecule has 0 spiro atoms. The van der Waals surface area contributed by atoms with Crippen LogP contribution in [-0.2, 0) is 22.4 Å². The van der Waals surface area contributed by atoms with Crippen LogP contribution in [0.15, 0.2) is 29.2 Å². The van der Waals surface area contributed by atoms with E-state index in [-0.39, 0.29) is 17.6 Å². The molecule has 1 aromatic carbocycles. The van der Waals surface area contributed by atoms with Gasteiger partial charge in [0.25, 0.3) is 0 Å². The molecule has 3 rings (SSSR count). The molecule has 2 aromatic rings. The number of hydrogen-bond donors (Lipinski definition) is 1. The van der Waals surface area contributed by atoms with Gasteiger partial charge < -0.3 is 10.1 Å². The van der Waals surface area contributed by atoms with Crippen molar-refractivity contribution in [2.24, 2.45) is 0 Å². The Morgan fingerprint density at radius 1 is 1.28 bits per heavy atom. The topological polar surface area (TPSA) is 55.4 Å². The number of benzene rings is 1. The highest BCUT2D eigenvalue weighted by Crippen LogP contribution is 2.39. The lowest BCUT2D eigenvalue weighted by Gasteiger charge is -2.08. The summed E-state index contributed by atoms with van der Waals surface area (Å²) in [6.07, 6.45) is 2.88.